The van der Waals surface area contributed by atoms with Crippen molar-refractivity contribution in [3.63, 3.8) is 0 Å². The SMILES string of the molecule is BrC1(Br)CCC1.N. The monoisotopic (exact) mass is 229 g/mol. The maximum Gasteiger partial charge on any atom is 0.0805 e. The minimum absolute atomic E-state index is 0. The zero-order valence-corrected chi connectivity index (χ0v) is 7.26. The van der Waals surface area contributed by atoms with Crippen molar-refractivity contribution in [1.82, 2.24) is 6.15 Å². The molecule has 0 aromatic heterocycles. The Kier molecular flexibility index (Phi) is 2.79. The summed E-state index contributed by atoms with van der Waals surface area (Å²) < 4.78 is 0.347. The van der Waals surface area contributed by atoms with E-state index < -0.39 is 0 Å². The van der Waals surface area contributed by atoms with Crippen LogP contribution in [-0.2, 0) is 0 Å². The molecule has 0 aromatic carbocycles. The van der Waals surface area contributed by atoms with Gasteiger partial charge in [-0.05, 0) is 19.3 Å². The molecule has 0 heterocycles. The summed E-state index contributed by atoms with van der Waals surface area (Å²) in [5.41, 5.74) is 0. The molecule has 0 bridgehead atoms. The van der Waals surface area contributed by atoms with E-state index in [4.69, 9.17) is 0 Å². The van der Waals surface area contributed by atoms with Crippen molar-refractivity contribution in [2.75, 3.05) is 0 Å². The van der Waals surface area contributed by atoms with Crippen LogP contribution in [0.1, 0.15) is 19.3 Å². The summed E-state index contributed by atoms with van der Waals surface area (Å²) in [7, 11) is 0. The van der Waals surface area contributed by atoms with E-state index in [1.807, 2.05) is 0 Å². The smallest absolute Gasteiger partial charge is 0.0805 e. The quantitative estimate of drug-likeness (QED) is 0.639. The van der Waals surface area contributed by atoms with Crippen LogP contribution in [0.5, 0.6) is 0 Å². The Morgan fingerprint density at radius 1 is 1.14 bits per heavy atom. The molecule has 0 aromatic rings. The molecule has 0 spiro atoms. The molecule has 0 amide bonds. The zero-order valence-electron chi connectivity index (χ0n) is 4.08. The van der Waals surface area contributed by atoms with Crippen LogP contribution in [0.2, 0.25) is 0 Å². The number of hydrogen-bond donors (Lipinski definition) is 1. The highest BCUT2D eigenvalue weighted by Crippen LogP contribution is 2.45. The van der Waals surface area contributed by atoms with E-state index in [1.165, 1.54) is 19.3 Å². The van der Waals surface area contributed by atoms with Gasteiger partial charge >= 0.3 is 0 Å². The summed E-state index contributed by atoms with van der Waals surface area (Å²) >= 11 is 6.96. The van der Waals surface area contributed by atoms with Crippen molar-refractivity contribution in [2.24, 2.45) is 0 Å². The highest BCUT2D eigenvalue weighted by Gasteiger charge is 2.29. The third kappa shape index (κ3) is 2.11. The minimum atomic E-state index is 0. The Bertz CT molecular complexity index is 56.7. The fraction of sp³-hybridized carbons (Fsp3) is 1.00. The molecule has 1 aliphatic carbocycles. The molecule has 1 saturated carbocycles. The highest BCUT2D eigenvalue weighted by molar-refractivity contribution is 9.25. The summed E-state index contributed by atoms with van der Waals surface area (Å²) in [4.78, 5) is 0. The minimum Gasteiger partial charge on any atom is -0.344 e. The van der Waals surface area contributed by atoms with Crippen LogP contribution in [0, 0.1) is 0 Å². The summed E-state index contributed by atoms with van der Waals surface area (Å²) in [6.45, 7) is 0. The Morgan fingerprint density at radius 3 is 1.43 bits per heavy atom. The van der Waals surface area contributed by atoms with E-state index in [1.54, 1.807) is 0 Å². The topological polar surface area (TPSA) is 35.0 Å². The Morgan fingerprint density at radius 2 is 1.43 bits per heavy atom. The van der Waals surface area contributed by atoms with Crippen molar-refractivity contribution in [3.05, 3.63) is 0 Å². The van der Waals surface area contributed by atoms with Gasteiger partial charge in [-0.2, -0.15) is 0 Å². The van der Waals surface area contributed by atoms with Gasteiger partial charge in [-0.3, -0.25) is 0 Å². The molecule has 1 aliphatic rings. The van der Waals surface area contributed by atoms with Crippen LogP contribution in [0.3, 0.4) is 0 Å². The number of rotatable bonds is 0. The van der Waals surface area contributed by atoms with Crippen LogP contribution in [0.25, 0.3) is 0 Å². The van der Waals surface area contributed by atoms with Crippen LogP contribution in [-0.4, -0.2) is 3.23 Å². The predicted octanol–water partition coefficient (Wildman–Crippen LogP) is 2.82. The molecule has 44 valence electrons. The van der Waals surface area contributed by atoms with Gasteiger partial charge in [0.25, 0.3) is 0 Å². The molecular weight excluding hydrogens is 222 g/mol. The van der Waals surface area contributed by atoms with Crippen LogP contribution >= 0.6 is 31.9 Å². The van der Waals surface area contributed by atoms with Gasteiger partial charge in [-0.25, -0.2) is 0 Å². The van der Waals surface area contributed by atoms with Gasteiger partial charge < -0.3 is 6.15 Å². The third-order valence-corrected chi connectivity index (χ3v) is 2.67. The molecule has 1 nitrogen and oxygen atoms in total. The molecule has 1 rings (SSSR count). The van der Waals surface area contributed by atoms with Crippen molar-refractivity contribution in [2.45, 2.75) is 22.5 Å². The molecular formula is C4H9Br2N. The maximum absolute atomic E-state index is 3.48. The van der Waals surface area contributed by atoms with E-state index in [-0.39, 0.29) is 6.15 Å². The first-order valence-electron chi connectivity index (χ1n) is 2.09. The third-order valence-electron chi connectivity index (χ3n) is 1.09. The van der Waals surface area contributed by atoms with Crippen LogP contribution in [0.4, 0.5) is 0 Å². The Balaban J connectivity index is 0.000000360. The summed E-state index contributed by atoms with van der Waals surface area (Å²) in [6.07, 6.45) is 3.94. The summed E-state index contributed by atoms with van der Waals surface area (Å²) in [5, 5.41) is 0. The molecule has 0 saturated heterocycles. The van der Waals surface area contributed by atoms with E-state index >= 15 is 0 Å². The maximum atomic E-state index is 3.48. The van der Waals surface area contributed by atoms with Crippen LogP contribution < -0.4 is 6.15 Å². The fourth-order valence-electron chi connectivity index (χ4n) is 0.444. The largest absolute Gasteiger partial charge is 0.344 e. The second-order valence-corrected chi connectivity index (χ2v) is 5.81. The fourth-order valence-corrected chi connectivity index (χ4v) is 1.57. The van der Waals surface area contributed by atoms with Crippen LogP contribution in [0.15, 0.2) is 0 Å². The van der Waals surface area contributed by atoms with E-state index in [0.29, 0.717) is 3.23 Å². The van der Waals surface area contributed by atoms with Gasteiger partial charge in [0.05, 0.1) is 3.23 Å². The lowest BCUT2D eigenvalue weighted by atomic mass is 10.0. The van der Waals surface area contributed by atoms with Gasteiger partial charge in [-0.1, -0.05) is 31.9 Å². The van der Waals surface area contributed by atoms with E-state index in [2.05, 4.69) is 31.9 Å². The molecule has 3 N–H and O–H groups in total. The zero-order chi connectivity index (χ0) is 4.62. The summed E-state index contributed by atoms with van der Waals surface area (Å²) in [6, 6.07) is 0. The van der Waals surface area contributed by atoms with E-state index in [0.717, 1.165) is 0 Å². The average molecular weight is 231 g/mol. The number of halogens is 2. The molecule has 1 fully saturated rings. The summed E-state index contributed by atoms with van der Waals surface area (Å²) in [5.74, 6) is 0. The first-order valence-corrected chi connectivity index (χ1v) is 3.67. The molecule has 0 aliphatic heterocycles. The highest BCUT2D eigenvalue weighted by atomic mass is 79.9. The van der Waals surface area contributed by atoms with Gasteiger partial charge in [0.1, 0.15) is 0 Å². The van der Waals surface area contributed by atoms with Gasteiger partial charge in [0.2, 0.25) is 0 Å². The van der Waals surface area contributed by atoms with Gasteiger partial charge in [0, 0.05) is 0 Å². The molecule has 0 unspecified atom stereocenters. The molecule has 7 heavy (non-hydrogen) atoms. The average Bonchev–Trinajstić information content (AvgIpc) is 1.32. The lowest BCUT2D eigenvalue weighted by Crippen LogP contribution is -2.20. The lowest BCUT2D eigenvalue weighted by molar-refractivity contribution is 0.502. The Hall–Kier alpha value is 0.920. The standard InChI is InChI=1S/C4H6Br2.H3N/c5-4(6)2-1-3-4;/h1-3H2;1H3. The van der Waals surface area contributed by atoms with Gasteiger partial charge in [-0.15, -0.1) is 0 Å². The van der Waals surface area contributed by atoms with Crippen molar-refractivity contribution >= 4 is 31.9 Å². The second-order valence-electron chi connectivity index (χ2n) is 1.71. The first kappa shape index (κ1) is 7.92. The Labute approximate surface area is 60.7 Å². The predicted molar refractivity (Wildman–Crippen MR) is 39.5 cm³/mol. The van der Waals surface area contributed by atoms with Gasteiger partial charge in [0.15, 0.2) is 0 Å². The lowest BCUT2D eigenvalue weighted by Gasteiger charge is -2.29. The second kappa shape index (κ2) is 2.46. The normalized spacial score (nSPS) is 24.9. The number of alkyl halides is 2. The molecule has 3 heteroatoms. The molecule has 0 atom stereocenters. The molecule has 0 radical (unpaired) electrons. The number of hydrogen-bond acceptors (Lipinski definition) is 1. The van der Waals surface area contributed by atoms with E-state index in [9.17, 15) is 0 Å². The van der Waals surface area contributed by atoms with Crippen molar-refractivity contribution < 1.29 is 0 Å². The van der Waals surface area contributed by atoms with Crippen molar-refractivity contribution in [1.29, 1.82) is 0 Å². The first-order chi connectivity index (χ1) is 2.71. The van der Waals surface area contributed by atoms with Crippen molar-refractivity contribution in [3.8, 4) is 0 Å².